The molecule has 0 fully saturated rings. The Balaban J connectivity index is 1.42. The first-order valence-corrected chi connectivity index (χ1v) is 12.3. The number of aromatic nitrogens is 4. The van der Waals surface area contributed by atoms with E-state index in [9.17, 15) is 4.79 Å². The standard InChI is InChI=1S/C25H20BrN5O2S/c1-33-22-10-9-16(26)14-18(22)24-28-20(15-34-24)23(32)30-25-29-19-7-2-3-8-21(19)31(25)13-11-17-6-4-5-12-27-17/h2-10,12,14-15H,11,13H2,1H3,(H,29,30,32). The maximum absolute atomic E-state index is 13.1. The number of hydrogen-bond acceptors (Lipinski definition) is 6. The second kappa shape index (κ2) is 9.74. The minimum Gasteiger partial charge on any atom is -0.496 e. The van der Waals surface area contributed by atoms with Gasteiger partial charge in [-0.25, -0.2) is 9.97 Å². The first-order valence-electron chi connectivity index (χ1n) is 10.6. The number of methoxy groups -OCH3 is 1. The van der Waals surface area contributed by atoms with Gasteiger partial charge in [0.1, 0.15) is 16.5 Å². The maximum Gasteiger partial charge on any atom is 0.277 e. The number of anilines is 1. The van der Waals surface area contributed by atoms with Gasteiger partial charge in [-0.2, -0.15) is 0 Å². The maximum atomic E-state index is 13.1. The Morgan fingerprint density at radius 3 is 2.79 bits per heavy atom. The normalized spacial score (nSPS) is 11.0. The molecule has 0 spiro atoms. The number of para-hydroxylation sites is 2. The molecule has 0 saturated carbocycles. The van der Waals surface area contributed by atoms with Crippen LogP contribution in [0.15, 0.2) is 76.7 Å². The lowest BCUT2D eigenvalue weighted by atomic mass is 10.2. The Morgan fingerprint density at radius 1 is 1.12 bits per heavy atom. The number of rotatable bonds is 7. The Hall–Kier alpha value is -3.56. The van der Waals surface area contributed by atoms with E-state index in [0.717, 1.165) is 26.8 Å². The van der Waals surface area contributed by atoms with Gasteiger partial charge in [0.25, 0.3) is 5.91 Å². The number of amides is 1. The summed E-state index contributed by atoms with van der Waals surface area (Å²) in [5.74, 6) is 0.864. The number of ether oxygens (including phenoxy) is 1. The monoisotopic (exact) mass is 533 g/mol. The summed E-state index contributed by atoms with van der Waals surface area (Å²) in [4.78, 5) is 26.7. The number of hydrogen-bond donors (Lipinski definition) is 1. The van der Waals surface area contributed by atoms with Gasteiger partial charge in [0.15, 0.2) is 0 Å². The van der Waals surface area contributed by atoms with Crippen molar-refractivity contribution in [1.29, 1.82) is 0 Å². The number of carbonyl (C=O) groups excluding carboxylic acids is 1. The van der Waals surface area contributed by atoms with E-state index in [0.29, 0.717) is 35.4 Å². The summed E-state index contributed by atoms with van der Waals surface area (Å²) in [6.45, 7) is 0.630. The lowest BCUT2D eigenvalue weighted by molar-refractivity contribution is 0.102. The Bertz CT molecular complexity index is 1460. The van der Waals surface area contributed by atoms with Crippen LogP contribution in [-0.4, -0.2) is 32.5 Å². The van der Waals surface area contributed by atoms with Crippen LogP contribution in [0.3, 0.4) is 0 Å². The van der Waals surface area contributed by atoms with Gasteiger partial charge < -0.3 is 9.30 Å². The molecular weight excluding hydrogens is 514 g/mol. The van der Waals surface area contributed by atoms with E-state index in [4.69, 9.17) is 4.74 Å². The molecule has 3 heterocycles. The van der Waals surface area contributed by atoms with E-state index >= 15 is 0 Å². The summed E-state index contributed by atoms with van der Waals surface area (Å²) in [6.07, 6.45) is 2.50. The van der Waals surface area contributed by atoms with Crippen LogP contribution in [0.5, 0.6) is 5.75 Å². The zero-order valence-electron chi connectivity index (χ0n) is 18.2. The van der Waals surface area contributed by atoms with E-state index in [1.165, 1.54) is 11.3 Å². The minimum atomic E-state index is -0.314. The molecule has 9 heteroatoms. The summed E-state index contributed by atoms with van der Waals surface area (Å²) < 4.78 is 8.37. The van der Waals surface area contributed by atoms with E-state index in [1.54, 1.807) is 18.7 Å². The molecule has 0 aliphatic heterocycles. The van der Waals surface area contributed by atoms with Crippen molar-refractivity contribution in [2.45, 2.75) is 13.0 Å². The minimum absolute atomic E-state index is 0.314. The van der Waals surface area contributed by atoms with Crippen molar-refractivity contribution in [2.75, 3.05) is 12.4 Å². The predicted octanol–water partition coefficient (Wildman–Crippen LogP) is 5.82. The van der Waals surface area contributed by atoms with E-state index in [-0.39, 0.29) is 5.91 Å². The lowest BCUT2D eigenvalue weighted by Crippen LogP contribution is -2.17. The van der Waals surface area contributed by atoms with Crippen LogP contribution in [0.2, 0.25) is 0 Å². The number of imidazole rings is 1. The van der Waals surface area contributed by atoms with Crippen LogP contribution in [0.25, 0.3) is 21.6 Å². The molecule has 3 aromatic heterocycles. The third kappa shape index (κ3) is 4.57. The number of thiazole rings is 1. The molecule has 170 valence electrons. The Kier molecular flexibility index (Phi) is 6.37. The molecule has 0 radical (unpaired) electrons. The Labute approximate surface area is 208 Å². The van der Waals surface area contributed by atoms with Crippen LogP contribution in [0.1, 0.15) is 16.2 Å². The average Bonchev–Trinajstić information content (AvgIpc) is 3.48. The summed E-state index contributed by atoms with van der Waals surface area (Å²) in [5.41, 5.74) is 3.89. The smallest absolute Gasteiger partial charge is 0.277 e. The summed E-state index contributed by atoms with van der Waals surface area (Å²) in [5, 5.41) is 5.40. The molecule has 7 nitrogen and oxygen atoms in total. The molecule has 0 aliphatic carbocycles. The first-order chi connectivity index (χ1) is 16.6. The van der Waals surface area contributed by atoms with Crippen LogP contribution in [-0.2, 0) is 13.0 Å². The fourth-order valence-corrected chi connectivity index (χ4v) is 4.87. The molecule has 5 rings (SSSR count). The van der Waals surface area contributed by atoms with Crippen LogP contribution < -0.4 is 10.1 Å². The van der Waals surface area contributed by atoms with Gasteiger partial charge in [0, 0.05) is 34.7 Å². The van der Waals surface area contributed by atoms with Crippen molar-refractivity contribution in [3.05, 3.63) is 88.1 Å². The van der Waals surface area contributed by atoms with Crippen molar-refractivity contribution in [3.8, 4) is 16.3 Å². The number of halogens is 1. The van der Waals surface area contributed by atoms with E-state index in [1.807, 2.05) is 65.2 Å². The number of pyridine rings is 1. The van der Waals surface area contributed by atoms with Gasteiger partial charge in [0.05, 0.1) is 23.7 Å². The second-order valence-electron chi connectivity index (χ2n) is 7.48. The second-order valence-corrected chi connectivity index (χ2v) is 9.26. The molecule has 1 amide bonds. The molecular formula is C25H20BrN5O2S. The van der Waals surface area contributed by atoms with Crippen LogP contribution in [0, 0.1) is 0 Å². The van der Waals surface area contributed by atoms with Crippen molar-refractivity contribution in [3.63, 3.8) is 0 Å². The van der Waals surface area contributed by atoms with Crippen LogP contribution in [0.4, 0.5) is 5.95 Å². The molecule has 0 aliphatic rings. The molecule has 0 unspecified atom stereocenters. The number of nitrogens with zero attached hydrogens (tertiary/aromatic N) is 4. The van der Waals surface area contributed by atoms with Gasteiger partial charge in [-0.1, -0.05) is 34.1 Å². The predicted molar refractivity (Wildman–Crippen MR) is 137 cm³/mol. The lowest BCUT2D eigenvalue weighted by Gasteiger charge is -2.09. The molecule has 0 bridgehead atoms. The van der Waals surface area contributed by atoms with Gasteiger partial charge in [-0.05, 0) is 42.5 Å². The van der Waals surface area contributed by atoms with Gasteiger partial charge in [-0.15, -0.1) is 11.3 Å². The zero-order valence-corrected chi connectivity index (χ0v) is 20.6. The van der Waals surface area contributed by atoms with Gasteiger partial charge in [0.2, 0.25) is 5.95 Å². The number of carbonyl (C=O) groups is 1. The van der Waals surface area contributed by atoms with Gasteiger partial charge in [-0.3, -0.25) is 15.1 Å². The molecule has 0 atom stereocenters. The first kappa shape index (κ1) is 22.2. The van der Waals surface area contributed by atoms with Crippen molar-refractivity contribution >= 4 is 50.2 Å². The topological polar surface area (TPSA) is 81.9 Å². The van der Waals surface area contributed by atoms with Crippen molar-refractivity contribution in [1.82, 2.24) is 19.5 Å². The number of nitrogens with one attached hydrogen (secondary N) is 1. The fraction of sp³-hybridized carbons (Fsp3) is 0.120. The largest absolute Gasteiger partial charge is 0.496 e. The number of aryl methyl sites for hydroxylation is 2. The summed E-state index contributed by atoms with van der Waals surface area (Å²) in [6, 6.07) is 19.4. The van der Waals surface area contributed by atoms with Crippen LogP contribution >= 0.6 is 27.3 Å². The average molecular weight is 534 g/mol. The van der Waals surface area contributed by atoms with E-state index < -0.39 is 0 Å². The highest BCUT2D eigenvalue weighted by molar-refractivity contribution is 9.10. The third-order valence-electron chi connectivity index (χ3n) is 5.33. The Morgan fingerprint density at radius 2 is 1.97 bits per heavy atom. The quantitative estimate of drug-likeness (QED) is 0.285. The highest BCUT2D eigenvalue weighted by Gasteiger charge is 2.18. The number of benzene rings is 2. The highest BCUT2D eigenvalue weighted by atomic mass is 79.9. The van der Waals surface area contributed by atoms with Crippen molar-refractivity contribution < 1.29 is 9.53 Å². The molecule has 5 aromatic rings. The third-order valence-corrected chi connectivity index (χ3v) is 6.70. The molecule has 34 heavy (non-hydrogen) atoms. The summed E-state index contributed by atoms with van der Waals surface area (Å²) >= 11 is 4.87. The molecule has 1 N–H and O–H groups in total. The molecule has 2 aromatic carbocycles. The van der Waals surface area contributed by atoms with E-state index in [2.05, 4.69) is 36.2 Å². The SMILES string of the molecule is COc1ccc(Br)cc1-c1nc(C(=O)Nc2nc3ccccc3n2CCc2ccccn2)cs1. The zero-order chi connectivity index (χ0) is 23.5. The fourth-order valence-electron chi connectivity index (χ4n) is 3.68. The summed E-state index contributed by atoms with van der Waals surface area (Å²) in [7, 11) is 1.61. The van der Waals surface area contributed by atoms with Crippen molar-refractivity contribution in [2.24, 2.45) is 0 Å². The highest BCUT2D eigenvalue weighted by Crippen LogP contribution is 2.34. The van der Waals surface area contributed by atoms with Gasteiger partial charge >= 0.3 is 0 Å². The molecule has 0 saturated heterocycles. The number of fused-ring (bicyclic) bond motifs is 1.